The van der Waals surface area contributed by atoms with Gasteiger partial charge in [0, 0.05) is 23.3 Å². The van der Waals surface area contributed by atoms with E-state index in [1.165, 1.54) is 19.3 Å². The van der Waals surface area contributed by atoms with Crippen molar-refractivity contribution in [2.24, 2.45) is 0 Å². The molecule has 28 heavy (non-hydrogen) atoms. The van der Waals surface area contributed by atoms with Gasteiger partial charge in [0.25, 0.3) is 0 Å². The highest BCUT2D eigenvalue weighted by atomic mass is 35.5. The molecule has 1 atom stereocenters. The summed E-state index contributed by atoms with van der Waals surface area (Å²) in [5, 5.41) is 11.1. The van der Waals surface area contributed by atoms with Crippen molar-refractivity contribution in [3.05, 3.63) is 35.0 Å². The number of hydrogen-bond donors (Lipinski definition) is 3. The van der Waals surface area contributed by atoms with Gasteiger partial charge in [-0.05, 0) is 62.9 Å². The number of aromatic nitrogens is 4. The van der Waals surface area contributed by atoms with E-state index in [1.807, 2.05) is 25.3 Å². The highest BCUT2D eigenvalue weighted by Crippen LogP contribution is 2.30. The van der Waals surface area contributed by atoms with E-state index in [0.717, 1.165) is 47.9 Å². The smallest absolute Gasteiger partial charge is 0.224 e. The summed E-state index contributed by atoms with van der Waals surface area (Å²) in [6.45, 7) is 3.94. The Kier molecular flexibility index (Phi) is 4.56. The van der Waals surface area contributed by atoms with Gasteiger partial charge >= 0.3 is 0 Å². The fourth-order valence-corrected chi connectivity index (χ4v) is 4.22. The lowest BCUT2D eigenvalue weighted by atomic mass is 9.93. The first kappa shape index (κ1) is 17.7. The summed E-state index contributed by atoms with van der Waals surface area (Å²) in [6, 6.07) is 6.73. The second-order valence-corrected chi connectivity index (χ2v) is 8.21. The van der Waals surface area contributed by atoms with Crippen LogP contribution in [-0.2, 0) is 0 Å². The number of nitrogens with one attached hydrogen (secondary N) is 3. The third-order valence-electron chi connectivity index (χ3n) is 5.57. The summed E-state index contributed by atoms with van der Waals surface area (Å²) in [5.74, 6) is 1.47. The van der Waals surface area contributed by atoms with E-state index < -0.39 is 0 Å². The summed E-state index contributed by atoms with van der Waals surface area (Å²) in [4.78, 5) is 14.1. The molecule has 2 fully saturated rings. The molecule has 8 heteroatoms. The molecular weight excluding hydrogens is 374 g/mol. The summed E-state index contributed by atoms with van der Waals surface area (Å²) >= 11 is 6.24. The minimum Gasteiger partial charge on any atom is -0.351 e. The van der Waals surface area contributed by atoms with E-state index in [2.05, 4.69) is 31.6 Å². The first-order valence-electron chi connectivity index (χ1n) is 9.92. The molecule has 7 nitrogen and oxygen atoms in total. The number of rotatable bonds is 5. The molecule has 1 saturated carbocycles. The predicted octanol–water partition coefficient (Wildman–Crippen LogP) is 4.03. The molecule has 3 N–H and O–H groups in total. The zero-order valence-electron chi connectivity index (χ0n) is 15.9. The number of aryl methyl sites for hydroxylation is 1. The average molecular weight is 398 g/mol. The third-order valence-corrected chi connectivity index (χ3v) is 5.79. The van der Waals surface area contributed by atoms with Gasteiger partial charge in [0.15, 0.2) is 5.65 Å². The van der Waals surface area contributed by atoms with Gasteiger partial charge in [0.05, 0.1) is 12.2 Å². The third kappa shape index (κ3) is 3.40. The fourth-order valence-electron chi connectivity index (χ4n) is 3.93. The van der Waals surface area contributed by atoms with Crippen molar-refractivity contribution >= 4 is 40.3 Å². The number of anilines is 3. The predicted molar refractivity (Wildman–Crippen MR) is 113 cm³/mol. The van der Waals surface area contributed by atoms with Gasteiger partial charge in [-0.1, -0.05) is 11.6 Å². The van der Waals surface area contributed by atoms with Crippen molar-refractivity contribution in [2.75, 3.05) is 23.7 Å². The minimum absolute atomic E-state index is 0.305. The van der Waals surface area contributed by atoms with Crippen LogP contribution in [0.2, 0.25) is 5.02 Å². The summed E-state index contributed by atoms with van der Waals surface area (Å²) in [6.07, 6.45) is 6.52. The van der Waals surface area contributed by atoms with Crippen LogP contribution in [0.25, 0.3) is 11.2 Å². The highest BCUT2D eigenvalue weighted by molar-refractivity contribution is 6.30. The molecule has 1 unspecified atom stereocenters. The molecule has 1 aromatic carbocycles. The number of fused-ring (bicyclic) bond motifs is 1. The lowest BCUT2D eigenvalue weighted by Crippen LogP contribution is -2.28. The molecule has 1 aliphatic heterocycles. The molecule has 0 radical (unpaired) electrons. The Balaban J connectivity index is 1.55. The first-order valence-corrected chi connectivity index (χ1v) is 10.3. The van der Waals surface area contributed by atoms with Gasteiger partial charge in [-0.25, -0.2) is 9.97 Å². The molecule has 2 aliphatic rings. The Hall–Kier alpha value is -2.38. The number of imidazole rings is 1. The van der Waals surface area contributed by atoms with E-state index in [0.29, 0.717) is 23.1 Å². The topological polar surface area (TPSA) is 79.7 Å². The Morgan fingerprint density at radius 2 is 2.07 bits per heavy atom. The van der Waals surface area contributed by atoms with Crippen LogP contribution in [0.1, 0.15) is 37.3 Å². The van der Waals surface area contributed by atoms with Gasteiger partial charge < -0.3 is 16.0 Å². The minimum atomic E-state index is 0.305. The van der Waals surface area contributed by atoms with Crippen LogP contribution in [0.5, 0.6) is 0 Å². The van der Waals surface area contributed by atoms with E-state index >= 15 is 0 Å². The van der Waals surface area contributed by atoms with E-state index in [-0.39, 0.29) is 0 Å². The van der Waals surface area contributed by atoms with Crippen LogP contribution in [0.15, 0.2) is 24.4 Å². The van der Waals surface area contributed by atoms with Gasteiger partial charge in [-0.15, -0.1) is 0 Å². The van der Waals surface area contributed by atoms with Crippen molar-refractivity contribution in [1.82, 2.24) is 24.8 Å². The molecule has 1 saturated heterocycles. The van der Waals surface area contributed by atoms with Crippen LogP contribution in [0.4, 0.5) is 17.6 Å². The van der Waals surface area contributed by atoms with Gasteiger partial charge in [0.1, 0.15) is 5.52 Å². The lowest BCUT2D eigenvalue weighted by molar-refractivity contribution is 0.443. The molecule has 3 heterocycles. The van der Waals surface area contributed by atoms with Crippen LogP contribution in [-0.4, -0.2) is 38.7 Å². The molecule has 0 spiro atoms. The lowest BCUT2D eigenvalue weighted by Gasteiger charge is -2.26. The van der Waals surface area contributed by atoms with Gasteiger partial charge in [-0.3, -0.25) is 4.57 Å². The number of halogens is 1. The number of benzene rings is 1. The second-order valence-electron chi connectivity index (χ2n) is 7.77. The fraction of sp³-hybridized carbons (Fsp3) is 0.450. The summed E-state index contributed by atoms with van der Waals surface area (Å²) in [5.41, 5.74) is 3.69. The van der Waals surface area contributed by atoms with Gasteiger partial charge in [0.2, 0.25) is 11.9 Å². The van der Waals surface area contributed by atoms with Crippen molar-refractivity contribution in [3.63, 3.8) is 0 Å². The normalized spacial score (nSPS) is 19.7. The average Bonchev–Trinajstić information content (AvgIpc) is 3.24. The van der Waals surface area contributed by atoms with Gasteiger partial charge in [-0.2, -0.15) is 4.98 Å². The molecule has 3 aromatic rings. The van der Waals surface area contributed by atoms with E-state index in [1.54, 1.807) is 0 Å². The maximum Gasteiger partial charge on any atom is 0.224 e. The Morgan fingerprint density at radius 3 is 2.79 bits per heavy atom. The Bertz CT molecular complexity index is 985. The van der Waals surface area contributed by atoms with E-state index in [9.17, 15) is 0 Å². The molecule has 2 aromatic heterocycles. The standard InChI is InChI=1S/C20H24ClN7/c1-12-7-13(21)9-15(8-12)25-20-26-17-11-23-19(24-14-3-2-4-14)27-18(17)28(20)16-5-6-22-10-16/h7-9,11,14,16,22H,2-6,10H2,1H3,(H,25,26)(H,23,24,27). The molecule has 146 valence electrons. The van der Waals surface area contributed by atoms with Crippen molar-refractivity contribution in [3.8, 4) is 0 Å². The quantitative estimate of drug-likeness (QED) is 0.603. The van der Waals surface area contributed by atoms with Crippen LogP contribution in [0, 0.1) is 6.92 Å². The largest absolute Gasteiger partial charge is 0.351 e. The summed E-state index contributed by atoms with van der Waals surface area (Å²) < 4.78 is 2.21. The maximum absolute atomic E-state index is 6.24. The molecular formula is C20H24ClN7. The van der Waals surface area contributed by atoms with E-state index in [4.69, 9.17) is 21.6 Å². The monoisotopic (exact) mass is 397 g/mol. The Morgan fingerprint density at radius 1 is 1.18 bits per heavy atom. The van der Waals surface area contributed by atoms with Crippen molar-refractivity contribution in [1.29, 1.82) is 0 Å². The van der Waals surface area contributed by atoms with Crippen LogP contribution < -0.4 is 16.0 Å². The van der Waals surface area contributed by atoms with Crippen LogP contribution >= 0.6 is 11.6 Å². The highest BCUT2D eigenvalue weighted by Gasteiger charge is 2.25. The zero-order chi connectivity index (χ0) is 19.1. The first-order chi connectivity index (χ1) is 13.7. The maximum atomic E-state index is 6.24. The SMILES string of the molecule is Cc1cc(Cl)cc(Nc2nc3cnc(NC4CCC4)nc3n2C2CCNC2)c1. The van der Waals surface area contributed by atoms with Crippen molar-refractivity contribution < 1.29 is 0 Å². The van der Waals surface area contributed by atoms with Crippen molar-refractivity contribution in [2.45, 2.75) is 44.7 Å². The molecule has 0 amide bonds. The Labute approximate surface area is 168 Å². The molecule has 5 rings (SSSR count). The number of nitrogens with zero attached hydrogens (tertiary/aromatic N) is 4. The number of hydrogen-bond acceptors (Lipinski definition) is 6. The zero-order valence-corrected chi connectivity index (χ0v) is 16.6. The van der Waals surface area contributed by atoms with Crippen LogP contribution in [0.3, 0.4) is 0 Å². The molecule has 0 bridgehead atoms. The second kappa shape index (κ2) is 7.22. The summed E-state index contributed by atoms with van der Waals surface area (Å²) in [7, 11) is 0. The molecule has 1 aliphatic carbocycles.